The first-order valence-corrected chi connectivity index (χ1v) is 12.8. The number of hydrogen-bond acceptors (Lipinski definition) is 9. The highest BCUT2D eigenvalue weighted by Crippen LogP contribution is 2.35. The van der Waals surface area contributed by atoms with Crippen LogP contribution in [0, 0.1) is 0 Å². The van der Waals surface area contributed by atoms with Crippen molar-refractivity contribution in [3.63, 3.8) is 0 Å². The summed E-state index contributed by atoms with van der Waals surface area (Å²) in [6.07, 6.45) is 5.22. The quantitative estimate of drug-likeness (QED) is 0.155. The van der Waals surface area contributed by atoms with Crippen molar-refractivity contribution >= 4 is 51.3 Å². The van der Waals surface area contributed by atoms with Gasteiger partial charge in [-0.25, -0.2) is 9.78 Å². The van der Waals surface area contributed by atoms with Gasteiger partial charge in [0.1, 0.15) is 16.2 Å². The molecule has 1 aliphatic rings. The number of aryl methyl sites for hydroxylation is 2. The average Bonchev–Trinajstić information content (AvgIpc) is 3.43. The molecule has 1 aliphatic carbocycles. The molecule has 13 heteroatoms. The number of fused-ring (bicyclic) bond motifs is 3. The van der Waals surface area contributed by atoms with E-state index in [-0.39, 0.29) is 29.2 Å². The maximum Gasteiger partial charge on any atom is 0.332 e. The summed E-state index contributed by atoms with van der Waals surface area (Å²) in [7, 11) is 6.06. The molecule has 0 atom stereocenters. The standard InChI is InChI=1S/C20H21N5O4S2.C3H7NO/c1-4-8-25-18(28)13-10-6-5-7-12(10)31-16(13)22-19(25)30-9-11(26)14-15(21)23(2)20(29)24(3)17(14)27;1-4(2)3-5/h4H,1,5-9,21H2,2-3H3;3H,1-2H3. The van der Waals surface area contributed by atoms with Gasteiger partial charge in [0, 0.05) is 39.6 Å². The van der Waals surface area contributed by atoms with E-state index in [1.54, 1.807) is 20.2 Å². The lowest BCUT2D eigenvalue weighted by Crippen LogP contribution is -2.41. The Hall–Kier alpha value is -3.45. The van der Waals surface area contributed by atoms with Gasteiger partial charge in [0.15, 0.2) is 10.9 Å². The third-order valence-corrected chi connectivity index (χ3v) is 7.80. The molecule has 0 aliphatic heterocycles. The highest BCUT2D eigenvalue weighted by atomic mass is 32.2. The number of amides is 1. The average molecular weight is 533 g/mol. The second kappa shape index (κ2) is 11.1. The molecule has 3 aromatic heterocycles. The molecular formula is C23H28N6O5S2. The van der Waals surface area contributed by atoms with Gasteiger partial charge in [0.2, 0.25) is 6.41 Å². The molecule has 0 fully saturated rings. The van der Waals surface area contributed by atoms with Crippen LogP contribution in [0.5, 0.6) is 0 Å². The zero-order valence-electron chi connectivity index (χ0n) is 20.6. The van der Waals surface area contributed by atoms with Gasteiger partial charge < -0.3 is 10.6 Å². The van der Waals surface area contributed by atoms with Crippen LogP contribution in [-0.2, 0) is 38.3 Å². The predicted molar refractivity (Wildman–Crippen MR) is 142 cm³/mol. The maximum atomic E-state index is 13.2. The van der Waals surface area contributed by atoms with Gasteiger partial charge in [0.25, 0.3) is 11.1 Å². The van der Waals surface area contributed by atoms with Crippen molar-refractivity contribution in [1.82, 2.24) is 23.6 Å². The second-order valence-electron chi connectivity index (χ2n) is 8.38. The number of carbonyl (C=O) groups excluding carboxylic acids is 2. The summed E-state index contributed by atoms with van der Waals surface area (Å²) in [6.45, 7) is 3.97. The third-order valence-electron chi connectivity index (χ3n) is 5.63. The number of anilines is 1. The molecule has 1 amide bonds. The number of allylic oxidation sites excluding steroid dienone is 1. The Bertz CT molecular complexity index is 1530. The van der Waals surface area contributed by atoms with Gasteiger partial charge in [-0.3, -0.25) is 32.9 Å². The van der Waals surface area contributed by atoms with E-state index in [9.17, 15) is 24.0 Å². The summed E-state index contributed by atoms with van der Waals surface area (Å²) < 4.78 is 3.41. The Morgan fingerprint density at radius 3 is 2.47 bits per heavy atom. The van der Waals surface area contributed by atoms with E-state index >= 15 is 0 Å². The number of Topliss-reactive ketones (excluding diaryl/α,β-unsaturated/α-hetero) is 1. The van der Waals surface area contributed by atoms with E-state index in [2.05, 4.69) is 11.6 Å². The summed E-state index contributed by atoms with van der Waals surface area (Å²) in [5.74, 6) is -0.871. The molecular weight excluding hydrogens is 504 g/mol. The minimum atomic E-state index is -0.743. The van der Waals surface area contributed by atoms with Crippen LogP contribution in [0.1, 0.15) is 27.2 Å². The van der Waals surface area contributed by atoms with Crippen molar-refractivity contribution in [2.75, 3.05) is 25.6 Å². The van der Waals surface area contributed by atoms with Crippen molar-refractivity contribution in [1.29, 1.82) is 0 Å². The van der Waals surface area contributed by atoms with Crippen molar-refractivity contribution in [2.45, 2.75) is 31.0 Å². The van der Waals surface area contributed by atoms with Crippen molar-refractivity contribution in [3.8, 4) is 0 Å². The number of thiophene rings is 1. The Balaban J connectivity index is 0.000000658. The minimum absolute atomic E-state index is 0.142. The Morgan fingerprint density at radius 1 is 1.19 bits per heavy atom. The van der Waals surface area contributed by atoms with Crippen LogP contribution >= 0.6 is 23.1 Å². The number of nitrogens with two attached hydrogens (primary N) is 1. The fraction of sp³-hybridized carbons (Fsp3) is 0.391. The van der Waals surface area contributed by atoms with Crippen LogP contribution in [0.15, 0.2) is 32.2 Å². The summed E-state index contributed by atoms with van der Waals surface area (Å²) in [5.41, 5.74) is 5.23. The van der Waals surface area contributed by atoms with Crippen molar-refractivity contribution in [3.05, 3.63) is 59.9 Å². The number of rotatable bonds is 7. The molecule has 0 saturated heterocycles. The molecule has 3 aromatic rings. The summed E-state index contributed by atoms with van der Waals surface area (Å²) in [5, 5.41) is 1.04. The first kappa shape index (κ1) is 27.1. The number of thioether (sulfide) groups is 1. The molecule has 2 N–H and O–H groups in total. The maximum absolute atomic E-state index is 13.2. The lowest BCUT2D eigenvalue weighted by Gasteiger charge is -2.12. The number of nitrogen functional groups attached to an aromatic ring is 1. The minimum Gasteiger partial charge on any atom is -0.384 e. The number of hydrogen-bond donors (Lipinski definition) is 1. The molecule has 0 spiro atoms. The molecule has 4 rings (SSSR count). The zero-order chi connectivity index (χ0) is 26.7. The number of aromatic nitrogens is 4. The Kier molecular flexibility index (Phi) is 8.35. The second-order valence-corrected chi connectivity index (χ2v) is 10.4. The summed E-state index contributed by atoms with van der Waals surface area (Å²) in [4.78, 5) is 67.8. The van der Waals surface area contributed by atoms with E-state index < -0.39 is 17.0 Å². The first-order valence-electron chi connectivity index (χ1n) is 11.0. The largest absolute Gasteiger partial charge is 0.384 e. The van der Waals surface area contributed by atoms with Gasteiger partial charge in [-0.2, -0.15) is 0 Å². The normalized spacial score (nSPS) is 12.1. The van der Waals surface area contributed by atoms with E-state index in [4.69, 9.17) is 5.73 Å². The van der Waals surface area contributed by atoms with Gasteiger partial charge in [-0.15, -0.1) is 17.9 Å². The van der Waals surface area contributed by atoms with E-state index in [0.717, 1.165) is 52.1 Å². The van der Waals surface area contributed by atoms with Crippen LogP contribution in [-0.4, -0.2) is 55.6 Å². The van der Waals surface area contributed by atoms with Crippen LogP contribution < -0.4 is 22.5 Å². The third kappa shape index (κ3) is 5.07. The fourth-order valence-corrected chi connectivity index (χ4v) is 5.97. The number of nitrogens with zero attached hydrogens (tertiary/aromatic N) is 5. The molecule has 0 radical (unpaired) electrons. The summed E-state index contributed by atoms with van der Waals surface area (Å²) in [6, 6.07) is 0. The topological polar surface area (TPSA) is 142 Å². The predicted octanol–water partition coefficient (Wildman–Crippen LogP) is 0.792. The number of carbonyl (C=O) groups is 2. The molecule has 0 aromatic carbocycles. The zero-order valence-corrected chi connectivity index (χ0v) is 22.2. The van der Waals surface area contributed by atoms with Crippen molar-refractivity contribution < 1.29 is 9.59 Å². The van der Waals surface area contributed by atoms with Gasteiger partial charge in [-0.05, 0) is 24.8 Å². The monoisotopic (exact) mass is 532 g/mol. The van der Waals surface area contributed by atoms with Crippen LogP contribution in [0.25, 0.3) is 10.2 Å². The summed E-state index contributed by atoms with van der Waals surface area (Å²) >= 11 is 2.59. The molecule has 192 valence electrons. The molecule has 36 heavy (non-hydrogen) atoms. The number of ketones is 1. The lowest BCUT2D eigenvalue weighted by atomic mass is 10.2. The molecule has 11 nitrogen and oxygen atoms in total. The van der Waals surface area contributed by atoms with Gasteiger partial charge >= 0.3 is 5.69 Å². The van der Waals surface area contributed by atoms with E-state index in [1.807, 2.05) is 0 Å². The van der Waals surface area contributed by atoms with Gasteiger partial charge in [-0.1, -0.05) is 17.8 Å². The van der Waals surface area contributed by atoms with Crippen LogP contribution in [0.2, 0.25) is 0 Å². The lowest BCUT2D eigenvalue weighted by molar-refractivity contribution is -0.115. The van der Waals surface area contributed by atoms with Crippen molar-refractivity contribution in [2.24, 2.45) is 14.1 Å². The molecule has 0 unspecified atom stereocenters. The molecule has 0 saturated carbocycles. The van der Waals surface area contributed by atoms with E-state index in [1.165, 1.54) is 39.8 Å². The molecule has 3 heterocycles. The first-order chi connectivity index (χ1) is 17.0. The Labute approximate surface area is 214 Å². The van der Waals surface area contributed by atoms with Crippen LogP contribution in [0.4, 0.5) is 5.82 Å². The smallest absolute Gasteiger partial charge is 0.332 e. The van der Waals surface area contributed by atoms with Crippen LogP contribution in [0.3, 0.4) is 0 Å². The Morgan fingerprint density at radius 2 is 1.86 bits per heavy atom. The highest BCUT2D eigenvalue weighted by molar-refractivity contribution is 7.99. The highest BCUT2D eigenvalue weighted by Gasteiger charge is 2.25. The van der Waals surface area contributed by atoms with E-state index in [0.29, 0.717) is 15.4 Å². The molecule has 0 bridgehead atoms. The van der Waals surface area contributed by atoms with Gasteiger partial charge in [0.05, 0.1) is 11.1 Å². The fourth-order valence-electron chi connectivity index (χ4n) is 3.78. The SMILES string of the molecule is C=CCn1c(SCC(=O)c2c(N)n(C)c(=O)n(C)c2=O)nc2sc3c(c2c1=O)CCC3.CN(C)C=O.